The fourth-order valence-corrected chi connectivity index (χ4v) is 3.33. The molecule has 0 saturated carbocycles. The Balaban J connectivity index is 1.57. The van der Waals surface area contributed by atoms with E-state index in [0.717, 1.165) is 17.5 Å². The molecule has 2 fully saturated rings. The third-order valence-electron chi connectivity index (χ3n) is 4.09. The number of nitrogens with zero attached hydrogens (tertiary/aromatic N) is 1. The molecule has 0 aromatic heterocycles. The van der Waals surface area contributed by atoms with Gasteiger partial charge in [0.15, 0.2) is 0 Å². The molecule has 92 valence electrons. The van der Waals surface area contributed by atoms with Gasteiger partial charge in [-0.2, -0.15) is 0 Å². The van der Waals surface area contributed by atoms with E-state index in [1.807, 2.05) is 12.1 Å². The summed E-state index contributed by atoms with van der Waals surface area (Å²) in [6.07, 6.45) is 2.67. The average Bonchev–Trinajstić information content (AvgIpc) is 2.71. The predicted molar refractivity (Wildman–Crippen MR) is 71.2 cm³/mol. The second kappa shape index (κ2) is 4.97. The summed E-state index contributed by atoms with van der Waals surface area (Å²) in [5.41, 5.74) is 1.29. The van der Waals surface area contributed by atoms with Gasteiger partial charge in [0.2, 0.25) is 0 Å². The Kier molecular flexibility index (Phi) is 3.37. The largest absolute Gasteiger partial charge is 0.310 e. The first-order valence-corrected chi connectivity index (χ1v) is 6.89. The van der Waals surface area contributed by atoms with Crippen LogP contribution in [0.4, 0.5) is 0 Å². The zero-order chi connectivity index (χ0) is 11.7. The summed E-state index contributed by atoms with van der Waals surface area (Å²) in [5.74, 6) is 0.864. The van der Waals surface area contributed by atoms with Crippen molar-refractivity contribution in [3.05, 3.63) is 34.9 Å². The molecule has 2 nitrogen and oxygen atoms in total. The number of nitrogens with one attached hydrogen (secondary N) is 1. The van der Waals surface area contributed by atoms with E-state index < -0.39 is 0 Å². The molecule has 2 bridgehead atoms. The third-order valence-corrected chi connectivity index (χ3v) is 4.33. The molecule has 0 aliphatic carbocycles. The van der Waals surface area contributed by atoms with E-state index in [4.69, 9.17) is 11.6 Å². The molecule has 3 unspecified atom stereocenters. The van der Waals surface area contributed by atoms with Crippen molar-refractivity contribution in [2.45, 2.75) is 25.4 Å². The van der Waals surface area contributed by atoms with Crippen LogP contribution < -0.4 is 5.32 Å². The first-order chi connectivity index (χ1) is 8.31. The topological polar surface area (TPSA) is 15.3 Å². The van der Waals surface area contributed by atoms with Gasteiger partial charge in [0.25, 0.3) is 0 Å². The minimum absolute atomic E-state index is 0.702. The third kappa shape index (κ3) is 2.65. The summed E-state index contributed by atoms with van der Waals surface area (Å²) in [4.78, 5) is 2.59. The van der Waals surface area contributed by atoms with Gasteiger partial charge in [0.1, 0.15) is 0 Å². The summed E-state index contributed by atoms with van der Waals surface area (Å²) < 4.78 is 0. The molecule has 2 heterocycles. The van der Waals surface area contributed by atoms with Crippen LogP contribution in [0, 0.1) is 5.92 Å². The maximum Gasteiger partial charge on any atom is 0.0409 e. The van der Waals surface area contributed by atoms with Crippen LogP contribution in [-0.2, 0) is 6.54 Å². The molecule has 3 atom stereocenters. The number of rotatable bonds is 3. The van der Waals surface area contributed by atoms with Crippen LogP contribution in [0.15, 0.2) is 24.3 Å². The number of piperidine rings is 1. The van der Waals surface area contributed by atoms with Crippen molar-refractivity contribution in [1.82, 2.24) is 10.2 Å². The van der Waals surface area contributed by atoms with E-state index in [9.17, 15) is 0 Å². The highest BCUT2D eigenvalue weighted by molar-refractivity contribution is 6.30. The molecule has 2 aliphatic rings. The molecule has 3 rings (SSSR count). The lowest BCUT2D eigenvalue weighted by Crippen LogP contribution is -2.43. The molecule has 2 aliphatic heterocycles. The van der Waals surface area contributed by atoms with Gasteiger partial charge in [0, 0.05) is 24.2 Å². The van der Waals surface area contributed by atoms with Gasteiger partial charge < -0.3 is 10.2 Å². The Morgan fingerprint density at radius 2 is 2.18 bits per heavy atom. The SMILES string of the molecule is Clc1cccc(CNC2CCN3CCC2C3)c1. The number of hydrogen-bond acceptors (Lipinski definition) is 2. The van der Waals surface area contributed by atoms with Crippen molar-refractivity contribution in [3.8, 4) is 0 Å². The summed E-state index contributed by atoms with van der Waals surface area (Å²) in [6, 6.07) is 8.85. The Morgan fingerprint density at radius 3 is 3.06 bits per heavy atom. The summed E-state index contributed by atoms with van der Waals surface area (Å²) in [6.45, 7) is 4.82. The molecule has 1 aromatic rings. The second-order valence-electron chi connectivity index (χ2n) is 5.26. The van der Waals surface area contributed by atoms with Crippen molar-refractivity contribution >= 4 is 11.6 Å². The van der Waals surface area contributed by atoms with E-state index in [0.29, 0.717) is 6.04 Å². The fourth-order valence-electron chi connectivity index (χ4n) is 3.12. The van der Waals surface area contributed by atoms with Gasteiger partial charge in [-0.1, -0.05) is 23.7 Å². The second-order valence-corrected chi connectivity index (χ2v) is 5.69. The van der Waals surface area contributed by atoms with E-state index in [1.165, 1.54) is 38.0 Å². The smallest absolute Gasteiger partial charge is 0.0409 e. The minimum Gasteiger partial charge on any atom is -0.310 e. The molecule has 0 radical (unpaired) electrons. The van der Waals surface area contributed by atoms with Crippen molar-refractivity contribution in [1.29, 1.82) is 0 Å². The first kappa shape index (κ1) is 11.5. The highest BCUT2D eigenvalue weighted by Gasteiger charge is 2.33. The lowest BCUT2D eigenvalue weighted by Gasteiger charge is -2.31. The number of halogens is 1. The van der Waals surface area contributed by atoms with Crippen LogP contribution in [0.3, 0.4) is 0 Å². The highest BCUT2D eigenvalue weighted by atomic mass is 35.5. The van der Waals surface area contributed by atoms with Crippen LogP contribution in [-0.4, -0.2) is 30.6 Å². The number of fused-ring (bicyclic) bond motifs is 2. The zero-order valence-electron chi connectivity index (χ0n) is 10.0. The normalized spacial score (nSPS) is 31.7. The molecule has 1 aromatic carbocycles. The fraction of sp³-hybridized carbons (Fsp3) is 0.571. The van der Waals surface area contributed by atoms with Gasteiger partial charge in [-0.05, 0) is 49.5 Å². The number of hydrogen-bond donors (Lipinski definition) is 1. The monoisotopic (exact) mass is 250 g/mol. The van der Waals surface area contributed by atoms with Crippen LogP contribution in [0.1, 0.15) is 18.4 Å². The van der Waals surface area contributed by atoms with Crippen molar-refractivity contribution in [3.63, 3.8) is 0 Å². The van der Waals surface area contributed by atoms with E-state index in [-0.39, 0.29) is 0 Å². The standard InChI is InChI=1S/C14H19ClN2/c15-13-3-1-2-11(8-13)9-16-14-5-7-17-6-4-12(14)10-17/h1-3,8,12,14,16H,4-7,9-10H2. The lowest BCUT2D eigenvalue weighted by molar-refractivity contribution is 0.220. The Bertz CT molecular complexity index is 394. The number of benzene rings is 1. The molecule has 0 spiro atoms. The first-order valence-electron chi connectivity index (χ1n) is 6.51. The van der Waals surface area contributed by atoms with E-state index in [1.54, 1.807) is 0 Å². The minimum atomic E-state index is 0.702. The van der Waals surface area contributed by atoms with E-state index in [2.05, 4.69) is 22.3 Å². The molecular weight excluding hydrogens is 232 g/mol. The molecule has 0 amide bonds. The lowest BCUT2D eigenvalue weighted by atomic mass is 9.94. The predicted octanol–water partition coefficient (Wildman–Crippen LogP) is 2.52. The Morgan fingerprint density at radius 1 is 1.29 bits per heavy atom. The van der Waals surface area contributed by atoms with Crippen molar-refractivity contribution < 1.29 is 0 Å². The molecule has 17 heavy (non-hydrogen) atoms. The van der Waals surface area contributed by atoms with Gasteiger partial charge in [0.05, 0.1) is 0 Å². The van der Waals surface area contributed by atoms with Gasteiger partial charge in [-0.3, -0.25) is 0 Å². The van der Waals surface area contributed by atoms with Gasteiger partial charge >= 0.3 is 0 Å². The Hall–Kier alpha value is -0.570. The quantitative estimate of drug-likeness (QED) is 0.887. The van der Waals surface area contributed by atoms with Crippen molar-refractivity contribution in [2.75, 3.05) is 19.6 Å². The van der Waals surface area contributed by atoms with Crippen LogP contribution >= 0.6 is 11.6 Å². The van der Waals surface area contributed by atoms with Crippen molar-refractivity contribution in [2.24, 2.45) is 5.92 Å². The highest BCUT2D eigenvalue weighted by Crippen LogP contribution is 2.27. The van der Waals surface area contributed by atoms with Gasteiger partial charge in [-0.15, -0.1) is 0 Å². The summed E-state index contributed by atoms with van der Waals surface area (Å²) >= 11 is 5.99. The summed E-state index contributed by atoms with van der Waals surface area (Å²) in [5, 5.41) is 4.54. The van der Waals surface area contributed by atoms with Crippen LogP contribution in [0.5, 0.6) is 0 Å². The molecular formula is C14H19ClN2. The molecule has 2 saturated heterocycles. The Labute approximate surface area is 108 Å². The van der Waals surface area contributed by atoms with Crippen LogP contribution in [0.2, 0.25) is 5.02 Å². The summed E-state index contributed by atoms with van der Waals surface area (Å²) in [7, 11) is 0. The molecule has 3 heteroatoms. The molecule has 1 N–H and O–H groups in total. The maximum absolute atomic E-state index is 5.99. The van der Waals surface area contributed by atoms with Gasteiger partial charge in [-0.25, -0.2) is 0 Å². The zero-order valence-corrected chi connectivity index (χ0v) is 10.8. The average molecular weight is 251 g/mol. The van der Waals surface area contributed by atoms with Crippen LogP contribution in [0.25, 0.3) is 0 Å². The van der Waals surface area contributed by atoms with E-state index >= 15 is 0 Å². The maximum atomic E-state index is 5.99.